The predicted molar refractivity (Wildman–Crippen MR) is 125 cm³/mol. The maximum atomic E-state index is 12.4. The average Bonchev–Trinajstić information content (AvgIpc) is 2.72. The number of carbonyl (C=O) groups excluding carboxylic acids is 2. The lowest BCUT2D eigenvalue weighted by molar-refractivity contribution is -1.22. The third-order valence-electron chi connectivity index (χ3n) is 5.51. The van der Waals surface area contributed by atoms with Crippen molar-refractivity contribution in [3.05, 3.63) is 0 Å². The van der Waals surface area contributed by atoms with Crippen molar-refractivity contribution in [1.82, 2.24) is 0 Å². The SMILES string of the molecule is CCCCCCCCCC(=O)O[N+](CCC)(CCO)OC(=O)CCCCCCCCC. The van der Waals surface area contributed by atoms with Crippen LogP contribution in [0, 0.1) is 0 Å². The monoisotopic (exact) mass is 444 g/mol. The second-order valence-electron chi connectivity index (χ2n) is 8.65. The molecule has 6 nitrogen and oxygen atoms in total. The van der Waals surface area contributed by atoms with E-state index in [0.717, 1.165) is 38.5 Å². The minimum Gasteiger partial charge on any atom is -0.390 e. The zero-order valence-electron chi connectivity index (χ0n) is 20.7. The van der Waals surface area contributed by atoms with Gasteiger partial charge in [0.25, 0.3) is 0 Å². The average molecular weight is 445 g/mol. The highest BCUT2D eigenvalue weighted by Crippen LogP contribution is 2.17. The smallest absolute Gasteiger partial charge is 0.372 e. The minimum atomic E-state index is -0.544. The van der Waals surface area contributed by atoms with Gasteiger partial charge in [-0.05, 0) is 12.8 Å². The quantitative estimate of drug-likeness (QED) is 0.119. The van der Waals surface area contributed by atoms with E-state index in [2.05, 4.69) is 13.8 Å². The first-order valence-electron chi connectivity index (χ1n) is 13.0. The molecule has 0 aromatic carbocycles. The third-order valence-corrected chi connectivity index (χ3v) is 5.51. The fourth-order valence-electron chi connectivity index (χ4n) is 3.72. The molecule has 0 radical (unpaired) electrons. The molecule has 0 rings (SSSR count). The summed E-state index contributed by atoms with van der Waals surface area (Å²) in [6.07, 6.45) is 17.1. The number of aliphatic hydroxyl groups excluding tert-OH is 1. The van der Waals surface area contributed by atoms with Crippen LogP contribution in [0.5, 0.6) is 0 Å². The van der Waals surface area contributed by atoms with Gasteiger partial charge in [-0.25, -0.2) is 19.3 Å². The van der Waals surface area contributed by atoms with Gasteiger partial charge in [0, 0.05) is 11.2 Å². The van der Waals surface area contributed by atoms with Crippen LogP contribution in [-0.2, 0) is 19.3 Å². The summed E-state index contributed by atoms with van der Waals surface area (Å²) < 4.78 is 0. The van der Waals surface area contributed by atoms with Crippen LogP contribution < -0.4 is 0 Å². The summed E-state index contributed by atoms with van der Waals surface area (Å²) in [5.74, 6) is -0.724. The topological polar surface area (TPSA) is 72.8 Å². The van der Waals surface area contributed by atoms with Gasteiger partial charge in [0.2, 0.25) is 0 Å². The molecule has 0 aliphatic rings. The Kier molecular flexibility index (Phi) is 20.0. The largest absolute Gasteiger partial charge is 0.390 e. The zero-order chi connectivity index (χ0) is 23.2. The number of aliphatic hydroxyl groups is 1. The molecule has 0 atom stereocenters. The molecule has 0 saturated carbocycles. The summed E-state index contributed by atoms with van der Waals surface area (Å²) in [6.45, 7) is 6.55. The Morgan fingerprint density at radius 2 is 0.968 bits per heavy atom. The van der Waals surface area contributed by atoms with E-state index in [-0.39, 0.29) is 25.1 Å². The number of unbranched alkanes of at least 4 members (excludes halogenated alkanes) is 12. The Morgan fingerprint density at radius 1 is 0.581 bits per heavy atom. The minimum absolute atomic E-state index is 0.0688. The molecule has 0 saturated heterocycles. The molecular weight excluding hydrogens is 394 g/mol. The molecular formula is C25H50NO5+. The van der Waals surface area contributed by atoms with Crippen molar-refractivity contribution in [2.75, 3.05) is 19.7 Å². The Bertz CT molecular complexity index is 402. The molecule has 0 aliphatic carbocycles. The fourth-order valence-corrected chi connectivity index (χ4v) is 3.72. The van der Waals surface area contributed by atoms with Crippen LogP contribution in [0.15, 0.2) is 0 Å². The van der Waals surface area contributed by atoms with E-state index in [1.54, 1.807) is 0 Å². The maximum Gasteiger partial charge on any atom is 0.372 e. The van der Waals surface area contributed by atoms with E-state index < -0.39 is 4.81 Å². The van der Waals surface area contributed by atoms with Gasteiger partial charge in [0.15, 0.2) is 13.1 Å². The standard InChI is InChI=1S/C25H50NO5/c1-4-7-9-11-13-15-17-19-24(28)30-26(21-6-3,22-23-27)31-25(29)20-18-16-14-12-10-8-5-2/h27H,4-23H2,1-3H3/q+1. The molecule has 184 valence electrons. The highest BCUT2D eigenvalue weighted by atomic mass is 17.0. The number of nitrogens with zero attached hydrogens (tertiary/aromatic N) is 1. The lowest BCUT2D eigenvalue weighted by atomic mass is 10.1. The number of hydrogen-bond donors (Lipinski definition) is 1. The molecule has 0 fully saturated rings. The van der Waals surface area contributed by atoms with Gasteiger partial charge < -0.3 is 5.11 Å². The number of carbonyl (C=O) groups is 2. The molecule has 31 heavy (non-hydrogen) atoms. The first kappa shape index (κ1) is 29.9. The molecule has 0 aliphatic heterocycles. The van der Waals surface area contributed by atoms with Crippen LogP contribution in [0.2, 0.25) is 0 Å². The number of hydroxylamine groups is 4. The molecule has 0 spiro atoms. The maximum absolute atomic E-state index is 12.4. The molecule has 0 amide bonds. The second kappa shape index (κ2) is 20.7. The van der Waals surface area contributed by atoms with Crippen molar-refractivity contribution < 1.29 is 29.2 Å². The van der Waals surface area contributed by atoms with Gasteiger partial charge in [0.1, 0.15) is 6.61 Å². The van der Waals surface area contributed by atoms with Crippen LogP contribution in [0.4, 0.5) is 0 Å². The first-order valence-corrected chi connectivity index (χ1v) is 13.0. The Balaban J connectivity index is 4.39. The van der Waals surface area contributed by atoms with E-state index in [0.29, 0.717) is 25.8 Å². The lowest BCUT2D eigenvalue weighted by Crippen LogP contribution is -2.52. The van der Waals surface area contributed by atoms with E-state index in [4.69, 9.17) is 9.68 Å². The summed E-state index contributed by atoms with van der Waals surface area (Å²) in [5.41, 5.74) is 0. The van der Waals surface area contributed by atoms with Crippen molar-refractivity contribution in [1.29, 1.82) is 0 Å². The van der Waals surface area contributed by atoms with Crippen LogP contribution in [-0.4, -0.2) is 41.6 Å². The summed E-state index contributed by atoms with van der Waals surface area (Å²) in [5, 5.41) is 9.49. The van der Waals surface area contributed by atoms with Crippen molar-refractivity contribution in [2.45, 2.75) is 130 Å². The molecule has 0 heterocycles. The summed E-state index contributed by atoms with van der Waals surface area (Å²) in [7, 11) is 0. The fraction of sp³-hybridized carbons (Fsp3) is 0.920. The van der Waals surface area contributed by atoms with Crippen LogP contribution in [0.1, 0.15) is 130 Å². The lowest BCUT2D eigenvalue weighted by Gasteiger charge is -2.30. The zero-order valence-corrected chi connectivity index (χ0v) is 20.7. The Labute approximate surface area is 191 Å². The molecule has 0 unspecified atom stereocenters. The summed E-state index contributed by atoms with van der Waals surface area (Å²) in [4.78, 5) is 35.5. The Hall–Kier alpha value is -1.14. The van der Waals surface area contributed by atoms with Gasteiger partial charge in [-0.1, -0.05) is 97.8 Å². The van der Waals surface area contributed by atoms with E-state index in [9.17, 15) is 14.7 Å². The van der Waals surface area contributed by atoms with Crippen LogP contribution in [0.25, 0.3) is 0 Å². The molecule has 0 bridgehead atoms. The van der Waals surface area contributed by atoms with Crippen molar-refractivity contribution >= 4 is 11.9 Å². The third kappa shape index (κ3) is 17.1. The highest BCUT2D eigenvalue weighted by molar-refractivity contribution is 5.69. The molecule has 1 N–H and O–H groups in total. The molecule has 0 aromatic rings. The first-order chi connectivity index (χ1) is 15.0. The number of quaternary nitrogens is 1. The summed E-state index contributed by atoms with van der Waals surface area (Å²) >= 11 is 0. The van der Waals surface area contributed by atoms with Crippen molar-refractivity contribution in [2.24, 2.45) is 0 Å². The van der Waals surface area contributed by atoms with Crippen molar-refractivity contribution in [3.63, 3.8) is 0 Å². The number of rotatable bonds is 22. The Morgan fingerprint density at radius 3 is 1.32 bits per heavy atom. The van der Waals surface area contributed by atoms with Gasteiger partial charge in [0.05, 0.1) is 12.8 Å². The summed E-state index contributed by atoms with van der Waals surface area (Å²) in [6, 6.07) is 0. The van der Waals surface area contributed by atoms with Crippen LogP contribution in [0.3, 0.4) is 0 Å². The molecule has 6 heteroatoms. The normalized spacial score (nSPS) is 11.5. The van der Waals surface area contributed by atoms with E-state index >= 15 is 0 Å². The number of hydrogen-bond acceptors (Lipinski definition) is 5. The van der Waals surface area contributed by atoms with Gasteiger partial charge in [-0.2, -0.15) is 0 Å². The van der Waals surface area contributed by atoms with Gasteiger partial charge in [-0.3, -0.25) is 0 Å². The predicted octanol–water partition coefficient (Wildman–Crippen LogP) is 6.40. The molecule has 0 aromatic heterocycles. The van der Waals surface area contributed by atoms with Gasteiger partial charge in [-0.15, -0.1) is 0 Å². The van der Waals surface area contributed by atoms with Crippen molar-refractivity contribution in [3.8, 4) is 0 Å². The van der Waals surface area contributed by atoms with E-state index in [1.807, 2.05) is 6.92 Å². The highest BCUT2D eigenvalue weighted by Gasteiger charge is 2.37. The van der Waals surface area contributed by atoms with Gasteiger partial charge >= 0.3 is 11.9 Å². The second-order valence-corrected chi connectivity index (χ2v) is 8.65. The van der Waals surface area contributed by atoms with Crippen LogP contribution >= 0.6 is 0 Å². The van der Waals surface area contributed by atoms with E-state index in [1.165, 1.54) is 51.4 Å².